The highest BCUT2D eigenvalue weighted by Crippen LogP contribution is 2.34. The molecule has 0 bridgehead atoms. The van der Waals surface area contributed by atoms with Crippen molar-refractivity contribution in [2.45, 2.75) is 12.5 Å². The molecule has 0 aromatic carbocycles. The molecule has 1 fully saturated rings. The van der Waals surface area contributed by atoms with Gasteiger partial charge in [-0.05, 0) is 12.2 Å². The monoisotopic (exact) mass is 280 g/mol. The molecule has 0 N–H and O–H groups in total. The van der Waals surface area contributed by atoms with Crippen LogP contribution in [0.5, 0.6) is 0 Å². The van der Waals surface area contributed by atoms with Crippen molar-refractivity contribution < 1.29 is 0 Å². The fourth-order valence-corrected chi connectivity index (χ4v) is 4.16. The number of hydrogen-bond acceptors (Lipinski definition) is 5. The van der Waals surface area contributed by atoms with Crippen LogP contribution in [-0.4, -0.2) is 40.1 Å². The molecule has 1 unspecified atom stereocenters. The van der Waals surface area contributed by atoms with Gasteiger partial charge in [0, 0.05) is 38.3 Å². The van der Waals surface area contributed by atoms with Gasteiger partial charge in [0.05, 0.1) is 11.1 Å². The van der Waals surface area contributed by atoms with Crippen molar-refractivity contribution >= 4 is 28.2 Å². The molecule has 4 nitrogen and oxygen atoms in total. The van der Waals surface area contributed by atoms with Crippen molar-refractivity contribution in [3.8, 4) is 10.7 Å². The van der Waals surface area contributed by atoms with Gasteiger partial charge in [-0.25, -0.2) is 9.97 Å². The molecule has 1 atom stereocenters. The second kappa shape index (κ2) is 4.93. The summed E-state index contributed by atoms with van der Waals surface area (Å²) < 4.78 is 2.31. The fraction of sp³-hybridized carbons (Fsp3) is 0.500. The lowest BCUT2D eigenvalue weighted by molar-refractivity contribution is 0.566. The Labute approximate surface area is 115 Å². The fourth-order valence-electron chi connectivity index (χ4n) is 2.12. The molecule has 0 saturated carbocycles. The van der Waals surface area contributed by atoms with E-state index in [1.165, 1.54) is 17.9 Å². The van der Waals surface area contributed by atoms with Gasteiger partial charge in [-0.2, -0.15) is 11.8 Å². The van der Waals surface area contributed by atoms with Crippen molar-refractivity contribution in [2.24, 2.45) is 0 Å². The number of thioether (sulfide) groups is 1. The van der Waals surface area contributed by atoms with Crippen LogP contribution in [0.4, 0.5) is 5.13 Å². The van der Waals surface area contributed by atoms with Gasteiger partial charge in [0.2, 0.25) is 0 Å². The van der Waals surface area contributed by atoms with Crippen molar-refractivity contribution in [1.82, 2.24) is 14.5 Å². The van der Waals surface area contributed by atoms with Gasteiger partial charge in [0.1, 0.15) is 0 Å². The summed E-state index contributed by atoms with van der Waals surface area (Å²) in [6, 6.07) is 0.595. The first-order valence-electron chi connectivity index (χ1n) is 6.00. The van der Waals surface area contributed by atoms with Crippen LogP contribution < -0.4 is 4.90 Å². The molecular weight excluding hydrogens is 264 g/mol. The van der Waals surface area contributed by atoms with Crippen LogP contribution in [0, 0.1) is 0 Å². The Morgan fingerprint density at radius 1 is 1.39 bits per heavy atom. The second-order valence-electron chi connectivity index (χ2n) is 4.58. The molecule has 18 heavy (non-hydrogen) atoms. The topological polar surface area (TPSA) is 34.0 Å². The zero-order valence-corrected chi connectivity index (χ0v) is 12.2. The van der Waals surface area contributed by atoms with Crippen LogP contribution in [0.1, 0.15) is 12.5 Å². The normalized spacial score (nSPS) is 19.3. The molecule has 0 amide bonds. The van der Waals surface area contributed by atoms with E-state index in [1.54, 1.807) is 11.3 Å². The molecule has 2 aromatic heterocycles. The molecule has 96 valence electrons. The molecule has 0 spiro atoms. The zero-order chi connectivity index (χ0) is 12.5. The van der Waals surface area contributed by atoms with E-state index in [0.29, 0.717) is 6.04 Å². The lowest BCUT2D eigenvalue weighted by atomic mass is 10.2. The second-order valence-corrected chi connectivity index (χ2v) is 6.74. The van der Waals surface area contributed by atoms with E-state index in [0.717, 1.165) is 15.8 Å². The summed E-state index contributed by atoms with van der Waals surface area (Å²) in [5.74, 6) is 3.52. The van der Waals surface area contributed by atoms with Crippen LogP contribution in [-0.2, 0) is 0 Å². The average Bonchev–Trinajstić information content (AvgIpc) is 3.10. The van der Waals surface area contributed by atoms with Crippen LogP contribution in [0.25, 0.3) is 10.7 Å². The summed E-state index contributed by atoms with van der Waals surface area (Å²) in [7, 11) is 4.03. The minimum atomic E-state index is 0.595. The maximum atomic E-state index is 4.51. The average molecular weight is 280 g/mol. The number of nitrogens with zero attached hydrogens (tertiary/aromatic N) is 4. The van der Waals surface area contributed by atoms with Gasteiger partial charge in [-0.1, -0.05) is 11.3 Å². The Morgan fingerprint density at radius 2 is 2.28 bits per heavy atom. The molecule has 6 heteroatoms. The third-order valence-electron chi connectivity index (χ3n) is 3.06. The Balaban J connectivity index is 1.93. The summed E-state index contributed by atoms with van der Waals surface area (Å²) in [4.78, 5) is 12.1. The first kappa shape index (κ1) is 12.0. The van der Waals surface area contributed by atoms with Crippen molar-refractivity contribution in [1.29, 1.82) is 0 Å². The summed E-state index contributed by atoms with van der Waals surface area (Å²) in [6.07, 6.45) is 7.17. The van der Waals surface area contributed by atoms with Gasteiger partial charge < -0.3 is 9.47 Å². The number of rotatable bonds is 3. The number of anilines is 1. The first-order valence-corrected chi connectivity index (χ1v) is 7.97. The van der Waals surface area contributed by atoms with Gasteiger partial charge >= 0.3 is 0 Å². The molecule has 3 rings (SSSR count). The molecule has 1 aliphatic heterocycles. The molecule has 0 radical (unpaired) electrons. The minimum absolute atomic E-state index is 0.595. The summed E-state index contributed by atoms with van der Waals surface area (Å²) in [5, 5.41) is 1.03. The zero-order valence-electron chi connectivity index (χ0n) is 10.5. The maximum absolute atomic E-state index is 4.51. The van der Waals surface area contributed by atoms with Crippen molar-refractivity contribution in [3.05, 3.63) is 18.6 Å². The predicted molar refractivity (Wildman–Crippen MR) is 78.6 cm³/mol. The number of imidazole rings is 1. The van der Waals surface area contributed by atoms with Crippen molar-refractivity contribution in [2.75, 3.05) is 30.5 Å². The van der Waals surface area contributed by atoms with Gasteiger partial charge in [0.15, 0.2) is 11.0 Å². The Bertz CT molecular complexity index is 526. The standard InChI is InChI=1S/C12H16N4S2/c1-15(2)12-14-7-10(18-12)11-13-4-5-16(11)9-3-6-17-8-9/h4-5,7,9H,3,6,8H2,1-2H3. The van der Waals surface area contributed by atoms with Crippen LogP contribution in [0.2, 0.25) is 0 Å². The molecule has 2 aromatic rings. The lowest BCUT2D eigenvalue weighted by Crippen LogP contribution is -2.08. The largest absolute Gasteiger partial charge is 0.354 e. The summed E-state index contributed by atoms with van der Waals surface area (Å²) in [6.45, 7) is 0. The lowest BCUT2D eigenvalue weighted by Gasteiger charge is -2.13. The van der Waals surface area contributed by atoms with E-state index in [4.69, 9.17) is 0 Å². The number of aromatic nitrogens is 3. The molecule has 1 aliphatic rings. The van der Waals surface area contributed by atoms with Crippen LogP contribution >= 0.6 is 23.1 Å². The minimum Gasteiger partial charge on any atom is -0.354 e. The molecule has 3 heterocycles. The molecule has 0 aliphatic carbocycles. The smallest absolute Gasteiger partial charge is 0.185 e. The van der Waals surface area contributed by atoms with Crippen LogP contribution in [0.3, 0.4) is 0 Å². The molecular formula is C12H16N4S2. The Hall–Kier alpha value is -1.01. The Morgan fingerprint density at radius 3 is 2.94 bits per heavy atom. The summed E-state index contributed by atoms with van der Waals surface area (Å²) in [5.41, 5.74) is 0. The van der Waals surface area contributed by atoms with E-state index in [-0.39, 0.29) is 0 Å². The van der Waals surface area contributed by atoms with Gasteiger partial charge in [-0.3, -0.25) is 0 Å². The van der Waals surface area contributed by atoms with E-state index in [9.17, 15) is 0 Å². The Kier molecular flexibility index (Phi) is 3.30. The SMILES string of the molecule is CN(C)c1ncc(-c2nccn2C2CCSC2)s1. The molecule has 1 saturated heterocycles. The van der Waals surface area contributed by atoms with E-state index >= 15 is 0 Å². The quantitative estimate of drug-likeness (QED) is 0.866. The van der Waals surface area contributed by atoms with E-state index in [1.807, 2.05) is 43.2 Å². The highest BCUT2D eigenvalue weighted by atomic mass is 32.2. The first-order chi connectivity index (χ1) is 8.75. The van der Waals surface area contributed by atoms with Crippen molar-refractivity contribution in [3.63, 3.8) is 0 Å². The van der Waals surface area contributed by atoms with Gasteiger partial charge in [0.25, 0.3) is 0 Å². The third-order valence-corrected chi connectivity index (χ3v) is 5.37. The summed E-state index contributed by atoms with van der Waals surface area (Å²) >= 11 is 3.72. The van der Waals surface area contributed by atoms with Gasteiger partial charge in [-0.15, -0.1) is 0 Å². The van der Waals surface area contributed by atoms with Crippen LogP contribution in [0.15, 0.2) is 18.6 Å². The number of hydrogen-bond donors (Lipinski definition) is 0. The predicted octanol–water partition coefficient (Wildman–Crippen LogP) is 2.75. The number of thiazole rings is 1. The third kappa shape index (κ3) is 2.14. The highest BCUT2D eigenvalue weighted by Gasteiger charge is 2.21. The van der Waals surface area contributed by atoms with E-state index < -0.39 is 0 Å². The maximum Gasteiger partial charge on any atom is 0.185 e. The van der Waals surface area contributed by atoms with E-state index in [2.05, 4.69) is 20.7 Å². The highest BCUT2D eigenvalue weighted by molar-refractivity contribution is 7.99.